The number of nitrogens with zero attached hydrogens (tertiary/aromatic N) is 2. The Labute approximate surface area is 121 Å². The smallest absolute Gasteiger partial charge is 0.269 e. The highest BCUT2D eigenvalue weighted by Gasteiger charge is 2.14. The monoisotopic (exact) mass is 286 g/mol. The molecule has 0 atom stereocenters. The number of benzene rings is 1. The summed E-state index contributed by atoms with van der Waals surface area (Å²) in [5.74, 6) is 1.25. The van der Waals surface area contributed by atoms with Crippen molar-refractivity contribution in [2.45, 2.75) is 6.42 Å². The van der Waals surface area contributed by atoms with E-state index in [1.807, 2.05) is 0 Å². The number of carbonyl (C=O) groups excluding carboxylic acids is 1. The summed E-state index contributed by atoms with van der Waals surface area (Å²) in [7, 11) is 0. The number of anilines is 1. The number of rotatable bonds is 3. The van der Waals surface area contributed by atoms with E-state index < -0.39 is 0 Å². The molecule has 1 aliphatic heterocycles. The summed E-state index contributed by atoms with van der Waals surface area (Å²) < 4.78 is 11.1. The standard InChI is InChI=1S/C14H14N4O3/c19-13(17-18-14-15-5-1-6-16-14)10-3-4-11-12(9-10)21-8-2-7-20-11/h1,3-6,9H,2,7-8H2,(H,17,19)(H,15,16,18). The lowest BCUT2D eigenvalue weighted by Crippen LogP contribution is -2.30. The first kappa shape index (κ1) is 13.2. The van der Waals surface area contributed by atoms with Crippen molar-refractivity contribution in [3.05, 3.63) is 42.2 Å². The van der Waals surface area contributed by atoms with Gasteiger partial charge in [-0.1, -0.05) is 0 Å². The maximum Gasteiger partial charge on any atom is 0.269 e. The highest BCUT2D eigenvalue weighted by Crippen LogP contribution is 2.30. The van der Waals surface area contributed by atoms with E-state index >= 15 is 0 Å². The van der Waals surface area contributed by atoms with Gasteiger partial charge in [0.2, 0.25) is 5.95 Å². The molecule has 2 heterocycles. The van der Waals surface area contributed by atoms with E-state index in [0.717, 1.165) is 6.42 Å². The highest BCUT2D eigenvalue weighted by atomic mass is 16.5. The first-order valence-corrected chi connectivity index (χ1v) is 6.56. The minimum absolute atomic E-state index is 0.307. The van der Waals surface area contributed by atoms with Gasteiger partial charge in [-0.25, -0.2) is 9.97 Å². The van der Waals surface area contributed by atoms with Gasteiger partial charge in [0.25, 0.3) is 5.91 Å². The Bertz CT molecular complexity index is 633. The molecule has 0 spiro atoms. The van der Waals surface area contributed by atoms with E-state index in [2.05, 4.69) is 20.8 Å². The molecule has 7 nitrogen and oxygen atoms in total. The van der Waals surface area contributed by atoms with Crippen LogP contribution in [0.25, 0.3) is 0 Å². The number of nitrogens with one attached hydrogen (secondary N) is 2. The lowest BCUT2D eigenvalue weighted by Gasteiger charge is -2.10. The van der Waals surface area contributed by atoms with Gasteiger partial charge in [0.05, 0.1) is 13.2 Å². The molecule has 0 radical (unpaired) electrons. The molecule has 0 unspecified atom stereocenters. The SMILES string of the molecule is O=C(NNc1ncccn1)c1ccc2c(c1)OCCCO2. The fourth-order valence-corrected chi connectivity index (χ4v) is 1.85. The van der Waals surface area contributed by atoms with E-state index in [0.29, 0.717) is 36.2 Å². The Balaban J connectivity index is 1.68. The van der Waals surface area contributed by atoms with Gasteiger partial charge in [0.1, 0.15) is 0 Å². The Morgan fingerprint density at radius 1 is 1.10 bits per heavy atom. The fourth-order valence-electron chi connectivity index (χ4n) is 1.85. The van der Waals surface area contributed by atoms with Gasteiger partial charge in [0.15, 0.2) is 11.5 Å². The van der Waals surface area contributed by atoms with Crippen LogP contribution in [0.15, 0.2) is 36.7 Å². The Hall–Kier alpha value is -2.83. The van der Waals surface area contributed by atoms with Gasteiger partial charge >= 0.3 is 0 Å². The molecule has 108 valence electrons. The van der Waals surface area contributed by atoms with Crippen molar-refractivity contribution in [2.24, 2.45) is 0 Å². The second kappa shape index (κ2) is 6.08. The van der Waals surface area contributed by atoms with Crippen molar-refractivity contribution in [2.75, 3.05) is 18.6 Å². The molecule has 0 aliphatic carbocycles. The molecule has 0 bridgehead atoms. The molecule has 0 saturated carbocycles. The van der Waals surface area contributed by atoms with E-state index in [9.17, 15) is 4.79 Å². The molecule has 1 amide bonds. The zero-order valence-electron chi connectivity index (χ0n) is 11.2. The number of hydrazine groups is 1. The van der Waals surface area contributed by atoms with Gasteiger partial charge < -0.3 is 9.47 Å². The number of fused-ring (bicyclic) bond motifs is 1. The number of amides is 1. The van der Waals surface area contributed by atoms with Gasteiger partial charge in [-0.2, -0.15) is 0 Å². The van der Waals surface area contributed by atoms with Gasteiger partial charge in [-0.3, -0.25) is 15.6 Å². The molecule has 1 aliphatic rings. The molecular formula is C14H14N4O3. The van der Waals surface area contributed by atoms with Gasteiger partial charge in [-0.05, 0) is 24.3 Å². The molecule has 1 aromatic heterocycles. The molecule has 2 N–H and O–H groups in total. The number of ether oxygens (including phenoxy) is 2. The van der Waals surface area contributed by atoms with E-state index in [-0.39, 0.29) is 5.91 Å². The molecule has 7 heteroatoms. The van der Waals surface area contributed by atoms with Crippen molar-refractivity contribution in [1.29, 1.82) is 0 Å². The van der Waals surface area contributed by atoms with E-state index in [1.165, 1.54) is 0 Å². The molecule has 0 fully saturated rings. The summed E-state index contributed by atoms with van der Waals surface area (Å²) in [5, 5.41) is 0. The topological polar surface area (TPSA) is 85.4 Å². The Morgan fingerprint density at radius 2 is 1.86 bits per heavy atom. The zero-order chi connectivity index (χ0) is 14.5. The van der Waals surface area contributed by atoms with Crippen LogP contribution in [0.5, 0.6) is 11.5 Å². The maximum absolute atomic E-state index is 12.1. The second-order valence-electron chi connectivity index (χ2n) is 4.36. The summed E-state index contributed by atoms with van der Waals surface area (Å²) in [6.07, 6.45) is 3.98. The average Bonchev–Trinajstić information content (AvgIpc) is 2.78. The van der Waals surface area contributed by atoms with Crippen molar-refractivity contribution in [3.63, 3.8) is 0 Å². The van der Waals surface area contributed by atoms with Gasteiger partial charge in [-0.15, -0.1) is 0 Å². The van der Waals surface area contributed by atoms with Crippen molar-refractivity contribution in [3.8, 4) is 11.5 Å². The lowest BCUT2D eigenvalue weighted by atomic mass is 10.2. The zero-order valence-corrected chi connectivity index (χ0v) is 11.2. The largest absolute Gasteiger partial charge is 0.490 e. The molecule has 21 heavy (non-hydrogen) atoms. The number of hydrogen-bond donors (Lipinski definition) is 2. The first-order valence-electron chi connectivity index (χ1n) is 6.56. The van der Waals surface area contributed by atoms with Crippen LogP contribution in [-0.4, -0.2) is 29.1 Å². The third kappa shape index (κ3) is 3.19. The Morgan fingerprint density at radius 3 is 2.67 bits per heavy atom. The molecule has 3 rings (SSSR count). The highest BCUT2D eigenvalue weighted by molar-refractivity contribution is 5.95. The molecule has 1 aromatic carbocycles. The third-order valence-electron chi connectivity index (χ3n) is 2.86. The van der Waals surface area contributed by atoms with Crippen LogP contribution < -0.4 is 20.3 Å². The molecule has 2 aromatic rings. The van der Waals surface area contributed by atoms with Gasteiger partial charge in [0, 0.05) is 24.4 Å². The average molecular weight is 286 g/mol. The predicted molar refractivity (Wildman–Crippen MR) is 75.2 cm³/mol. The van der Waals surface area contributed by atoms with Crippen LogP contribution in [0.4, 0.5) is 5.95 Å². The summed E-state index contributed by atoms with van der Waals surface area (Å²) in [6.45, 7) is 1.19. The minimum Gasteiger partial charge on any atom is -0.490 e. The third-order valence-corrected chi connectivity index (χ3v) is 2.86. The number of hydrogen-bond acceptors (Lipinski definition) is 6. The Kier molecular flexibility index (Phi) is 3.81. The van der Waals surface area contributed by atoms with Crippen LogP contribution in [0.3, 0.4) is 0 Å². The van der Waals surface area contributed by atoms with Crippen LogP contribution in [-0.2, 0) is 0 Å². The van der Waals surface area contributed by atoms with Crippen molar-refractivity contribution < 1.29 is 14.3 Å². The second-order valence-corrected chi connectivity index (χ2v) is 4.36. The van der Waals surface area contributed by atoms with Crippen LogP contribution in [0.2, 0.25) is 0 Å². The fraction of sp³-hybridized carbons (Fsp3) is 0.214. The molecular weight excluding hydrogens is 272 g/mol. The number of aromatic nitrogens is 2. The van der Waals surface area contributed by atoms with Crippen LogP contribution in [0.1, 0.15) is 16.8 Å². The van der Waals surface area contributed by atoms with Crippen LogP contribution >= 0.6 is 0 Å². The summed E-state index contributed by atoms with van der Waals surface area (Å²) in [5.41, 5.74) is 5.63. The summed E-state index contributed by atoms with van der Waals surface area (Å²) in [6, 6.07) is 6.76. The minimum atomic E-state index is -0.307. The van der Waals surface area contributed by atoms with E-state index in [4.69, 9.17) is 9.47 Å². The summed E-state index contributed by atoms with van der Waals surface area (Å²) >= 11 is 0. The van der Waals surface area contributed by atoms with Crippen LogP contribution in [0, 0.1) is 0 Å². The maximum atomic E-state index is 12.1. The lowest BCUT2D eigenvalue weighted by molar-refractivity contribution is 0.0962. The summed E-state index contributed by atoms with van der Waals surface area (Å²) in [4.78, 5) is 20.0. The number of carbonyl (C=O) groups is 1. The molecule has 0 saturated heterocycles. The first-order chi connectivity index (χ1) is 10.3. The van der Waals surface area contributed by atoms with Crippen molar-refractivity contribution in [1.82, 2.24) is 15.4 Å². The quantitative estimate of drug-likeness (QED) is 0.829. The van der Waals surface area contributed by atoms with E-state index in [1.54, 1.807) is 36.7 Å². The van der Waals surface area contributed by atoms with Crippen molar-refractivity contribution >= 4 is 11.9 Å². The predicted octanol–water partition coefficient (Wildman–Crippen LogP) is 1.39. The normalized spacial score (nSPS) is 13.1.